The predicted molar refractivity (Wildman–Crippen MR) is 76.3 cm³/mol. The van der Waals surface area contributed by atoms with Crippen LogP contribution < -0.4 is 0 Å². The number of rotatable bonds is 3. The van der Waals surface area contributed by atoms with Crippen LogP contribution in [0.15, 0.2) is 29.2 Å². The van der Waals surface area contributed by atoms with Crippen LogP contribution in [0.1, 0.15) is 32.3 Å². The number of hydrogen-bond donors (Lipinski definition) is 1. The van der Waals surface area contributed by atoms with E-state index in [2.05, 4.69) is 0 Å². The van der Waals surface area contributed by atoms with Crippen LogP contribution in [0, 0.1) is 11.8 Å². The number of benzene rings is 1. The zero-order valence-corrected chi connectivity index (χ0v) is 12.9. The summed E-state index contributed by atoms with van der Waals surface area (Å²) in [5.41, 5.74) is -1.40. The number of halogens is 2. The van der Waals surface area contributed by atoms with E-state index in [-0.39, 0.29) is 29.6 Å². The van der Waals surface area contributed by atoms with Gasteiger partial charge in [-0.05, 0) is 42.4 Å². The highest BCUT2D eigenvalue weighted by atomic mass is 32.2. The van der Waals surface area contributed by atoms with E-state index < -0.39 is 22.0 Å². The molecule has 0 spiro atoms. The molecule has 6 heteroatoms. The van der Waals surface area contributed by atoms with Crippen molar-refractivity contribution in [1.82, 2.24) is 0 Å². The third kappa shape index (κ3) is 3.61. The van der Waals surface area contributed by atoms with Crippen LogP contribution in [0.3, 0.4) is 0 Å². The Bertz CT molecular complexity index is 600. The van der Waals surface area contributed by atoms with Crippen molar-refractivity contribution in [3.05, 3.63) is 29.8 Å². The Labute approximate surface area is 124 Å². The maximum absolute atomic E-state index is 14.9. The summed E-state index contributed by atoms with van der Waals surface area (Å²) in [6, 6.07) is 5.25. The molecule has 118 valence electrons. The maximum atomic E-state index is 14.9. The maximum Gasteiger partial charge on any atom is 0.294 e. The second-order valence-electron chi connectivity index (χ2n) is 6.25. The Balaban J connectivity index is 2.20. The van der Waals surface area contributed by atoms with E-state index in [9.17, 15) is 17.2 Å². The highest BCUT2D eigenvalue weighted by molar-refractivity contribution is 7.85. The SMILES string of the molecule is CC1CC(C)C(F)C(F)(Cc2ccc(S(=O)(=O)O)cc2)C1. The fourth-order valence-corrected chi connectivity index (χ4v) is 3.81. The van der Waals surface area contributed by atoms with E-state index >= 15 is 0 Å². The first kappa shape index (κ1) is 16.4. The van der Waals surface area contributed by atoms with Gasteiger partial charge in [0.05, 0.1) is 4.90 Å². The minimum Gasteiger partial charge on any atom is -0.282 e. The molecule has 0 aromatic heterocycles. The summed E-state index contributed by atoms with van der Waals surface area (Å²) < 4.78 is 60.0. The molecule has 1 aromatic rings. The van der Waals surface area contributed by atoms with Crippen molar-refractivity contribution in [3.63, 3.8) is 0 Å². The summed E-state index contributed by atoms with van der Waals surface area (Å²) in [6.07, 6.45) is -0.767. The quantitative estimate of drug-likeness (QED) is 0.867. The molecule has 0 radical (unpaired) electrons. The van der Waals surface area contributed by atoms with E-state index in [1.54, 1.807) is 6.92 Å². The van der Waals surface area contributed by atoms with Gasteiger partial charge in [-0.25, -0.2) is 8.78 Å². The van der Waals surface area contributed by atoms with Crippen molar-refractivity contribution in [2.24, 2.45) is 11.8 Å². The topological polar surface area (TPSA) is 54.4 Å². The Hall–Kier alpha value is -1.01. The highest BCUT2D eigenvalue weighted by Crippen LogP contribution is 2.42. The van der Waals surface area contributed by atoms with Gasteiger partial charge < -0.3 is 0 Å². The second-order valence-corrected chi connectivity index (χ2v) is 7.68. The van der Waals surface area contributed by atoms with E-state index in [0.29, 0.717) is 12.0 Å². The normalized spacial score (nSPS) is 33.9. The summed E-state index contributed by atoms with van der Waals surface area (Å²) in [5.74, 6) is -0.204. The summed E-state index contributed by atoms with van der Waals surface area (Å²) in [5, 5.41) is 0. The van der Waals surface area contributed by atoms with Gasteiger partial charge in [0.25, 0.3) is 10.1 Å². The number of alkyl halides is 2. The van der Waals surface area contributed by atoms with Gasteiger partial charge in [-0.2, -0.15) is 8.42 Å². The minimum atomic E-state index is -4.26. The first-order valence-electron chi connectivity index (χ1n) is 7.01. The van der Waals surface area contributed by atoms with Crippen molar-refractivity contribution in [1.29, 1.82) is 0 Å². The smallest absolute Gasteiger partial charge is 0.282 e. The molecule has 1 aromatic carbocycles. The van der Waals surface area contributed by atoms with Crippen molar-refractivity contribution in [3.8, 4) is 0 Å². The average Bonchev–Trinajstić information content (AvgIpc) is 2.35. The van der Waals surface area contributed by atoms with Crippen molar-refractivity contribution >= 4 is 10.1 Å². The minimum absolute atomic E-state index is 0.0887. The molecular weight excluding hydrogens is 298 g/mol. The van der Waals surface area contributed by atoms with Crippen LogP contribution in [0.5, 0.6) is 0 Å². The van der Waals surface area contributed by atoms with Gasteiger partial charge in [-0.15, -0.1) is 0 Å². The van der Waals surface area contributed by atoms with Gasteiger partial charge >= 0.3 is 0 Å². The molecule has 4 atom stereocenters. The summed E-state index contributed by atoms with van der Waals surface area (Å²) in [7, 11) is -4.26. The van der Waals surface area contributed by atoms with Crippen molar-refractivity contribution in [2.75, 3.05) is 0 Å². The molecule has 1 fully saturated rings. The molecule has 2 rings (SSSR count). The Morgan fingerprint density at radius 3 is 2.38 bits per heavy atom. The zero-order valence-electron chi connectivity index (χ0n) is 12.1. The average molecular weight is 318 g/mol. The Morgan fingerprint density at radius 2 is 1.86 bits per heavy atom. The molecule has 1 aliphatic rings. The molecule has 1 N–H and O–H groups in total. The van der Waals surface area contributed by atoms with E-state index in [0.717, 1.165) is 0 Å². The van der Waals surface area contributed by atoms with E-state index in [1.807, 2.05) is 6.92 Å². The lowest BCUT2D eigenvalue weighted by Crippen LogP contribution is -2.46. The largest absolute Gasteiger partial charge is 0.294 e. The van der Waals surface area contributed by atoms with Crippen LogP contribution in [-0.4, -0.2) is 24.8 Å². The van der Waals surface area contributed by atoms with Gasteiger partial charge in [0.1, 0.15) is 11.8 Å². The molecule has 0 saturated heterocycles. The first-order chi connectivity index (χ1) is 9.62. The van der Waals surface area contributed by atoms with E-state index in [4.69, 9.17) is 4.55 Å². The molecule has 1 aliphatic carbocycles. The van der Waals surface area contributed by atoms with Crippen LogP contribution in [0.4, 0.5) is 8.78 Å². The van der Waals surface area contributed by atoms with Gasteiger partial charge in [-0.3, -0.25) is 4.55 Å². The molecular formula is C15H20F2O3S. The lowest BCUT2D eigenvalue weighted by atomic mass is 9.71. The monoisotopic (exact) mass is 318 g/mol. The molecule has 4 unspecified atom stereocenters. The lowest BCUT2D eigenvalue weighted by molar-refractivity contribution is -0.0371. The van der Waals surface area contributed by atoms with Crippen LogP contribution in [0.25, 0.3) is 0 Å². The van der Waals surface area contributed by atoms with Gasteiger partial charge in [-0.1, -0.05) is 26.0 Å². The summed E-state index contributed by atoms with van der Waals surface area (Å²) in [6.45, 7) is 3.63. The third-order valence-electron chi connectivity index (χ3n) is 4.18. The lowest BCUT2D eigenvalue weighted by Gasteiger charge is -2.40. The molecule has 21 heavy (non-hydrogen) atoms. The van der Waals surface area contributed by atoms with E-state index in [1.165, 1.54) is 24.3 Å². The first-order valence-corrected chi connectivity index (χ1v) is 8.45. The molecule has 0 aliphatic heterocycles. The van der Waals surface area contributed by atoms with Crippen LogP contribution in [-0.2, 0) is 16.5 Å². The molecule has 1 saturated carbocycles. The van der Waals surface area contributed by atoms with Crippen LogP contribution in [0.2, 0.25) is 0 Å². The van der Waals surface area contributed by atoms with Crippen LogP contribution >= 0.6 is 0 Å². The highest BCUT2D eigenvalue weighted by Gasteiger charge is 2.47. The second kappa shape index (κ2) is 5.65. The molecule has 0 bridgehead atoms. The van der Waals surface area contributed by atoms with Crippen molar-refractivity contribution < 1.29 is 21.8 Å². The fourth-order valence-electron chi connectivity index (χ4n) is 3.33. The standard InChI is InChI=1S/C15H20F2O3S/c1-10-7-11(2)14(16)15(17,8-10)9-12-3-5-13(6-4-12)21(18,19)20/h3-6,10-11,14H,7-9H2,1-2H3,(H,18,19,20). The van der Waals surface area contributed by atoms with Gasteiger partial charge in [0, 0.05) is 6.42 Å². The predicted octanol–water partition coefficient (Wildman–Crippen LogP) is 3.59. The molecule has 3 nitrogen and oxygen atoms in total. The number of hydrogen-bond acceptors (Lipinski definition) is 2. The molecule has 0 heterocycles. The Kier molecular flexibility index (Phi) is 4.40. The summed E-state index contributed by atoms with van der Waals surface area (Å²) in [4.78, 5) is -0.249. The fraction of sp³-hybridized carbons (Fsp3) is 0.600. The summed E-state index contributed by atoms with van der Waals surface area (Å²) >= 11 is 0. The third-order valence-corrected chi connectivity index (χ3v) is 5.04. The zero-order chi connectivity index (χ0) is 15.8. The van der Waals surface area contributed by atoms with Gasteiger partial charge in [0.2, 0.25) is 0 Å². The van der Waals surface area contributed by atoms with Gasteiger partial charge in [0.15, 0.2) is 0 Å². The molecule has 0 amide bonds. The Morgan fingerprint density at radius 1 is 1.29 bits per heavy atom. The van der Waals surface area contributed by atoms with Crippen molar-refractivity contribution in [2.45, 2.75) is 49.8 Å².